The number of nitrogens with one attached hydrogen (secondary N) is 1. The van der Waals surface area contributed by atoms with Crippen LogP contribution in [0.25, 0.3) is 6.08 Å². The summed E-state index contributed by atoms with van der Waals surface area (Å²) in [5.74, 6) is -0.309. The van der Waals surface area contributed by atoms with Crippen LogP contribution in [0.15, 0.2) is 72.3 Å². The Labute approximate surface area is 200 Å². The molecule has 0 atom stereocenters. The van der Waals surface area contributed by atoms with Gasteiger partial charge in [0.2, 0.25) is 0 Å². The van der Waals surface area contributed by atoms with E-state index in [1.54, 1.807) is 36.4 Å². The first-order valence-corrected chi connectivity index (χ1v) is 10.1. The smallest absolute Gasteiger partial charge is 0.343 e. The zero-order valence-corrected chi connectivity index (χ0v) is 18.7. The molecule has 0 unspecified atom stereocenters. The van der Waals surface area contributed by atoms with Crippen LogP contribution < -0.4 is 19.5 Å². The SMILES string of the molecule is COc1ccc(C(=O)Oc2ccc(/C=C(\C#N)C(=O)Nc3ccc([N+](=O)[O-])cc3OC)cc2)cc1. The minimum Gasteiger partial charge on any atom is -0.497 e. The molecule has 3 aromatic rings. The van der Waals surface area contributed by atoms with E-state index in [0.29, 0.717) is 16.9 Å². The number of nitrogens with zero attached hydrogens (tertiary/aromatic N) is 2. The summed E-state index contributed by atoms with van der Waals surface area (Å²) in [6.45, 7) is 0. The van der Waals surface area contributed by atoms with Crippen molar-refractivity contribution in [1.29, 1.82) is 5.26 Å². The van der Waals surface area contributed by atoms with Gasteiger partial charge in [0.15, 0.2) is 0 Å². The number of hydrogen-bond acceptors (Lipinski definition) is 8. The van der Waals surface area contributed by atoms with Crippen LogP contribution in [0.5, 0.6) is 17.2 Å². The van der Waals surface area contributed by atoms with Gasteiger partial charge in [-0.3, -0.25) is 14.9 Å². The van der Waals surface area contributed by atoms with Crippen LogP contribution in [0.4, 0.5) is 11.4 Å². The van der Waals surface area contributed by atoms with E-state index in [1.807, 2.05) is 6.07 Å². The molecule has 0 aromatic heterocycles. The Morgan fingerprint density at radius 1 is 0.971 bits per heavy atom. The van der Waals surface area contributed by atoms with Crippen molar-refractivity contribution < 1.29 is 28.7 Å². The summed E-state index contributed by atoms with van der Waals surface area (Å²) in [5, 5.41) is 22.9. The van der Waals surface area contributed by atoms with Gasteiger partial charge in [-0.25, -0.2) is 4.79 Å². The van der Waals surface area contributed by atoms with Gasteiger partial charge in [-0.1, -0.05) is 12.1 Å². The van der Waals surface area contributed by atoms with Crippen molar-refractivity contribution in [2.24, 2.45) is 0 Å². The molecule has 176 valence electrons. The van der Waals surface area contributed by atoms with Crippen molar-refractivity contribution in [1.82, 2.24) is 0 Å². The number of non-ortho nitro benzene ring substituents is 1. The highest BCUT2D eigenvalue weighted by atomic mass is 16.6. The Bertz CT molecular complexity index is 1320. The second kappa shape index (κ2) is 11.1. The molecule has 10 nitrogen and oxygen atoms in total. The summed E-state index contributed by atoms with van der Waals surface area (Å²) in [4.78, 5) is 35.2. The lowest BCUT2D eigenvalue weighted by atomic mass is 10.1. The van der Waals surface area contributed by atoms with Crippen LogP contribution in [0.2, 0.25) is 0 Å². The number of esters is 1. The van der Waals surface area contributed by atoms with E-state index in [1.165, 1.54) is 44.6 Å². The first kappa shape index (κ1) is 24.5. The first-order chi connectivity index (χ1) is 16.8. The Morgan fingerprint density at radius 3 is 2.20 bits per heavy atom. The average molecular weight is 473 g/mol. The molecule has 0 aliphatic rings. The molecule has 1 N–H and O–H groups in total. The van der Waals surface area contributed by atoms with Crippen LogP contribution in [-0.2, 0) is 4.79 Å². The molecule has 0 bridgehead atoms. The van der Waals surface area contributed by atoms with Crippen LogP contribution in [-0.4, -0.2) is 31.0 Å². The quantitative estimate of drug-likeness (QED) is 0.127. The number of ether oxygens (including phenoxy) is 3. The van der Waals surface area contributed by atoms with E-state index in [0.717, 1.165) is 6.07 Å². The zero-order valence-electron chi connectivity index (χ0n) is 18.7. The lowest BCUT2D eigenvalue weighted by molar-refractivity contribution is -0.384. The number of nitro benzene ring substituents is 1. The number of nitriles is 1. The molecule has 0 radical (unpaired) electrons. The van der Waals surface area contributed by atoms with Gasteiger partial charge >= 0.3 is 5.97 Å². The molecule has 0 spiro atoms. The normalized spacial score (nSPS) is 10.6. The van der Waals surface area contributed by atoms with Gasteiger partial charge in [0, 0.05) is 6.07 Å². The number of carbonyl (C=O) groups is 2. The van der Waals surface area contributed by atoms with Crippen molar-refractivity contribution in [3.63, 3.8) is 0 Å². The predicted octanol–water partition coefficient (Wildman–Crippen LogP) is 4.38. The highest BCUT2D eigenvalue weighted by Gasteiger charge is 2.16. The van der Waals surface area contributed by atoms with Crippen LogP contribution >= 0.6 is 0 Å². The fourth-order valence-corrected chi connectivity index (χ4v) is 2.93. The average Bonchev–Trinajstić information content (AvgIpc) is 2.88. The molecule has 35 heavy (non-hydrogen) atoms. The number of benzene rings is 3. The van der Waals surface area contributed by atoms with Gasteiger partial charge < -0.3 is 19.5 Å². The number of amides is 1. The minimum absolute atomic E-state index is 0.0767. The number of rotatable bonds is 8. The Kier molecular flexibility index (Phi) is 7.77. The molecule has 0 saturated carbocycles. The van der Waals surface area contributed by atoms with Gasteiger partial charge in [-0.15, -0.1) is 0 Å². The van der Waals surface area contributed by atoms with E-state index < -0.39 is 16.8 Å². The molecular weight excluding hydrogens is 454 g/mol. The lowest BCUT2D eigenvalue weighted by Crippen LogP contribution is -2.14. The Morgan fingerprint density at radius 2 is 1.63 bits per heavy atom. The predicted molar refractivity (Wildman–Crippen MR) is 126 cm³/mol. The maximum absolute atomic E-state index is 12.6. The third-order valence-corrected chi connectivity index (χ3v) is 4.74. The number of methoxy groups -OCH3 is 2. The van der Waals surface area contributed by atoms with Crippen molar-refractivity contribution >= 4 is 29.3 Å². The zero-order chi connectivity index (χ0) is 25.4. The number of carbonyl (C=O) groups excluding carboxylic acids is 2. The molecule has 1 amide bonds. The topological polar surface area (TPSA) is 141 Å². The maximum Gasteiger partial charge on any atom is 0.343 e. The lowest BCUT2D eigenvalue weighted by Gasteiger charge is -2.09. The minimum atomic E-state index is -0.727. The first-order valence-electron chi connectivity index (χ1n) is 10.1. The molecular formula is C25H19N3O7. The van der Waals surface area contributed by atoms with E-state index in [-0.39, 0.29) is 28.4 Å². The monoisotopic (exact) mass is 473 g/mol. The molecule has 0 saturated heterocycles. The second-order valence-electron chi connectivity index (χ2n) is 6.95. The maximum atomic E-state index is 12.6. The van der Waals surface area contributed by atoms with Crippen molar-refractivity contribution in [3.05, 3.63) is 93.5 Å². The van der Waals surface area contributed by atoms with Gasteiger partial charge in [0.25, 0.3) is 11.6 Å². The molecule has 3 rings (SSSR count). The summed E-state index contributed by atoms with van der Waals surface area (Å²) >= 11 is 0. The fraction of sp³-hybridized carbons (Fsp3) is 0.0800. The third-order valence-electron chi connectivity index (χ3n) is 4.74. The van der Waals surface area contributed by atoms with Crippen molar-refractivity contribution in [2.45, 2.75) is 0 Å². The Hall–Kier alpha value is -5.17. The summed E-state index contributed by atoms with van der Waals surface area (Å²) in [6.07, 6.45) is 1.35. The fourth-order valence-electron chi connectivity index (χ4n) is 2.93. The van der Waals surface area contributed by atoms with Crippen LogP contribution in [0.1, 0.15) is 15.9 Å². The van der Waals surface area contributed by atoms with Crippen LogP contribution in [0.3, 0.4) is 0 Å². The molecule has 0 heterocycles. The molecule has 0 aliphatic carbocycles. The van der Waals surface area contributed by atoms with Crippen molar-refractivity contribution in [2.75, 3.05) is 19.5 Å². The second-order valence-corrected chi connectivity index (χ2v) is 6.95. The molecule has 10 heteroatoms. The molecule has 3 aromatic carbocycles. The third kappa shape index (κ3) is 6.21. The summed E-state index contributed by atoms with van der Waals surface area (Å²) in [7, 11) is 2.83. The number of hydrogen-bond donors (Lipinski definition) is 1. The highest BCUT2D eigenvalue weighted by molar-refractivity contribution is 6.10. The highest BCUT2D eigenvalue weighted by Crippen LogP contribution is 2.29. The number of nitro groups is 1. The van der Waals surface area contributed by atoms with Gasteiger partial charge in [-0.2, -0.15) is 5.26 Å². The van der Waals surface area contributed by atoms with E-state index in [2.05, 4.69) is 5.32 Å². The van der Waals surface area contributed by atoms with Gasteiger partial charge in [-0.05, 0) is 54.1 Å². The number of anilines is 1. The summed E-state index contributed by atoms with van der Waals surface area (Å²) < 4.78 is 15.5. The molecule has 0 fully saturated rings. The van der Waals surface area contributed by atoms with E-state index >= 15 is 0 Å². The van der Waals surface area contributed by atoms with Crippen molar-refractivity contribution in [3.8, 4) is 23.3 Å². The largest absolute Gasteiger partial charge is 0.497 e. The summed E-state index contributed by atoms with van der Waals surface area (Å²) in [6, 6.07) is 18.2. The van der Waals surface area contributed by atoms with Gasteiger partial charge in [0.05, 0.1) is 36.5 Å². The van der Waals surface area contributed by atoms with Crippen LogP contribution in [0, 0.1) is 21.4 Å². The van der Waals surface area contributed by atoms with Gasteiger partial charge in [0.1, 0.15) is 28.9 Å². The van der Waals surface area contributed by atoms with E-state index in [9.17, 15) is 25.0 Å². The van der Waals surface area contributed by atoms with E-state index in [4.69, 9.17) is 14.2 Å². The Balaban J connectivity index is 1.70. The summed E-state index contributed by atoms with van der Waals surface area (Å²) in [5.41, 5.74) is 0.610. The standard InChI is InChI=1S/C25H19N3O7/c1-33-20-10-5-17(6-11-20)25(30)35-21-8-3-16(4-9-21)13-18(15-26)24(29)27-22-12-7-19(28(31)32)14-23(22)34-2/h3-14H,1-2H3,(H,27,29)/b18-13+. The molecule has 0 aliphatic heterocycles.